The smallest absolute Gasteiger partial charge is 0.331 e. The molecule has 4 heteroatoms. The Labute approximate surface area is 102 Å². The van der Waals surface area contributed by atoms with E-state index in [1.807, 2.05) is 0 Å². The molecule has 4 fully saturated rings. The number of esters is 1. The highest BCUT2D eigenvalue weighted by molar-refractivity contribution is 5.70. The van der Waals surface area contributed by atoms with Gasteiger partial charge in [0.15, 0.2) is 0 Å². The van der Waals surface area contributed by atoms with Gasteiger partial charge in [0, 0.05) is 0 Å². The van der Waals surface area contributed by atoms with E-state index in [4.69, 9.17) is 10.5 Å². The summed E-state index contributed by atoms with van der Waals surface area (Å²) in [5.41, 5.74) is 6.34. The number of hydrogen-bond donors (Lipinski definition) is 1. The Bertz CT molecular complexity index is 329. The molecule has 2 N–H and O–H groups in total. The van der Waals surface area contributed by atoms with Crippen LogP contribution in [-0.2, 0) is 14.3 Å². The second kappa shape index (κ2) is 3.95. The van der Waals surface area contributed by atoms with Gasteiger partial charge in [-0.05, 0) is 55.4 Å². The van der Waals surface area contributed by atoms with Gasteiger partial charge in [-0.25, -0.2) is 4.79 Å². The molecular weight excluding hydrogens is 218 g/mol. The van der Waals surface area contributed by atoms with Crippen molar-refractivity contribution < 1.29 is 14.3 Å². The fourth-order valence-electron chi connectivity index (χ4n) is 4.63. The molecule has 0 amide bonds. The monoisotopic (exact) mass is 239 g/mol. The van der Waals surface area contributed by atoms with Crippen LogP contribution < -0.4 is 5.73 Å². The van der Waals surface area contributed by atoms with Crippen LogP contribution in [-0.4, -0.2) is 32.3 Å². The Morgan fingerprint density at radius 3 is 2.76 bits per heavy atom. The average molecular weight is 239 g/mol. The first-order valence-electron chi connectivity index (χ1n) is 6.56. The predicted molar refractivity (Wildman–Crippen MR) is 62.2 cm³/mol. The summed E-state index contributed by atoms with van der Waals surface area (Å²) in [5, 5.41) is 0. The third-order valence-electron chi connectivity index (χ3n) is 5.21. The van der Waals surface area contributed by atoms with Crippen LogP contribution in [0.15, 0.2) is 0 Å². The van der Waals surface area contributed by atoms with Crippen molar-refractivity contribution in [2.45, 2.75) is 31.8 Å². The molecule has 4 aliphatic carbocycles. The van der Waals surface area contributed by atoms with Gasteiger partial charge in [0.1, 0.15) is 6.61 Å². The lowest BCUT2D eigenvalue weighted by atomic mass is 9.69. The van der Waals surface area contributed by atoms with Gasteiger partial charge >= 0.3 is 5.97 Å². The predicted octanol–water partition coefficient (Wildman–Crippen LogP) is 0.939. The first-order chi connectivity index (χ1) is 8.17. The normalized spacial score (nSPS) is 46.5. The van der Waals surface area contributed by atoms with Crippen molar-refractivity contribution in [1.29, 1.82) is 0 Å². The minimum atomic E-state index is -0.268. The van der Waals surface area contributed by atoms with E-state index in [-0.39, 0.29) is 18.7 Å². The molecule has 5 unspecified atom stereocenters. The molecular formula is C13H21NO3. The highest BCUT2D eigenvalue weighted by atomic mass is 16.6. The van der Waals surface area contributed by atoms with Crippen LogP contribution in [0, 0.1) is 23.2 Å². The number of methoxy groups -OCH3 is 1. The Morgan fingerprint density at radius 2 is 2.12 bits per heavy atom. The first-order valence-corrected chi connectivity index (χ1v) is 6.56. The first kappa shape index (κ1) is 11.5. The zero-order valence-electron chi connectivity index (χ0n) is 10.4. The molecule has 96 valence electrons. The van der Waals surface area contributed by atoms with E-state index < -0.39 is 0 Å². The number of rotatable bonds is 4. The van der Waals surface area contributed by atoms with Crippen LogP contribution in [0.25, 0.3) is 0 Å². The topological polar surface area (TPSA) is 61.5 Å². The van der Waals surface area contributed by atoms with Crippen molar-refractivity contribution in [3.63, 3.8) is 0 Å². The zero-order valence-corrected chi connectivity index (χ0v) is 10.4. The maximum Gasteiger partial charge on any atom is 0.331 e. The number of hydrogen-bond acceptors (Lipinski definition) is 4. The van der Waals surface area contributed by atoms with E-state index >= 15 is 0 Å². The van der Waals surface area contributed by atoms with Gasteiger partial charge in [-0.1, -0.05) is 0 Å². The Hall–Kier alpha value is -0.610. The second-order valence-corrected chi connectivity index (χ2v) is 6.09. The van der Waals surface area contributed by atoms with Crippen molar-refractivity contribution in [3.8, 4) is 0 Å². The number of ether oxygens (including phenoxy) is 2. The van der Waals surface area contributed by atoms with Crippen LogP contribution in [0.5, 0.6) is 0 Å². The minimum Gasteiger partial charge on any atom is -0.467 e. The fraction of sp³-hybridized carbons (Fsp3) is 0.923. The van der Waals surface area contributed by atoms with E-state index in [0.717, 1.165) is 12.5 Å². The van der Waals surface area contributed by atoms with E-state index in [1.54, 1.807) is 0 Å². The van der Waals surface area contributed by atoms with Crippen molar-refractivity contribution in [3.05, 3.63) is 0 Å². The fourth-order valence-corrected chi connectivity index (χ4v) is 4.63. The molecule has 0 spiro atoms. The molecule has 0 aromatic rings. The van der Waals surface area contributed by atoms with E-state index in [1.165, 1.54) is 32.8 Å². The standard InChI is InChI=1S/C13H21NO3/c1-16-11(15)6-17-12-9-2-8-3-13(4-9,7-14)5-10(8)12/h8-10,12H,2-7,14H2,1H3. The molecule has 17 heavy (non-hydrogen) atoms. The molecule has 0 aromatic carbocycles. The van der Waals surface area contributed by atoms with Crippen LogP contribution in [0.4, 0.5) is 0 Å². The Balaban J connectivity index is 1.65. The molecule has 5 atom stereocenters. The summed E-state index contributed by atoms with van der Waals surface area (Å²) >= 11 is 0. The Morgan fingerprint density at radius 1 is 1.35 bits per heavy atom. The summed E-state index contributed by atoms with van der Waals surface area (Å²) in [6.07, 6.45) is 5.24. The number of nitrogens with two attached hydrogens (primary N) is 1. The molecule has 0 heterocycles. The summed E-state index contributed by atoms with van der Waals surface area (Å²) in [6, 6.07) is 0. The summed E-state index contributed by atoms with van der Waals surface area (Å²) in [7, 11) is 1.40. The molecule has 0 saturated heterocycles. The Kier molecular flexibility index (Phi) is 2.67. The zero-order chi connectivity index (χ0) is 12.0. The number of carbonyl (C=O) groups excluding carboxylic acids is 1. The van der Waals surface area contributed by atoms with Crippen molar-refractivity contribution in [1.82, 2.24) is 0 Å². The third-order valence-corrected chi connectivity index (χ3v) is 5.21. The van der Waals surface area contributed by atoms with Gasteiger partial charge in [-0.2, -0.15) is 0 Å². The average Bonchev–Trinajstić information content (AvgIpc) is 2.74. The van der Waals surface area contributed by atoms with E-state index in [0.29, 0.717) is 17.3 Å². The van der Waals surface area contributed by atoms with E-state index in [2.05, 4.69) is 4.74 Å². The van der Waals surface area contributed by atoms with Crippen molar-refractivity contribution in [2.24, 2.45) is 28.9 Å². The molecule has 0 radical (unpaired) electrons. The van der Waals surface area contributed by atoms with Gasteiger partial charge in [0.25, 0.3) is 0 Å². The van der Waals surface area contributed by atoms with Gasteiger partial charge < -0.3 is 15.2 Å². The van der Waals surface area contributed by atoms with Crippen molar-refractivity contribution >= 4 is 5.97 Å². The maximum atomic E-state index is 11.1. The quantitative estimate of drug-likeness (QED) is 0.742. The summed E-state index contributed by atoms with van der Waals surface area (Å²) in [6.45, 7) is 0.927. The van der Waals surface area contributed by atoms with Gasteiger partial charge in [0.2, 0.25) is 0 Å². The SMILES string of the molecule is COC(=O)COC1C2CC3CC(CN)(C2)CC31. The van der Waals surface area contributed by atoms with Crippen LogP contribution >= 0.6 is 0 Å². The highest BCUT2D eigenvalue weighted by Gasteiger charge is 2.60. The minimum absolute atomic E-state index is 0.108. The van der Waals surface area contributed by atoms with Crippen LogP contribution in [0.2, 0.25) is 0 Å². The molecule has 0 aromatic heterocycles. The third kappa shape index (κ3) is 1.69. The van der Waals surface area contributed by atoms with Crippen LogP contribution in [0.3, 0.4) is 0 Å². The summed E-state index contributed by atoms with van der Waals surface area (Å²) in [5.74, 6) is 1.79. The summed E-state index contributed by atoms with van der Waals surface area (Å²) in [4.78, 5) is 11.1. The second-order valence-electron chi connectivity index (χ2n) is 6.09. The molecule has 4 saturated carbocycles. The van der Waals surface area contributed by atoms with Crippen molar-refractivity contribution in [2.75, 3.05) is 20.3 Å². The summed E-state index contributed by atoms with van der Waals surface area (Å²) < 4.78 is 10.4. The number of carbonyl (C=O) groups is 1. The highest BCUT2D eigenvalue weighted by Crippen LogP contribution is 2.64. The largest absolute Gasteiger partial charge is 0.467 e. The van der Waals surface area contributed by atoms with Gasteiger partial charge in [-0.3, -0.25) is 0 Å². The van der Waals surface area contributed by atoms with E-state index in [9.17, 15) is 4.79 Å². The van der Waals surface area contributed by atoms with Gasteiger partial charge in [-0.15, -0.1) is 0 Å². The molecule has 0 aliphatic heterocycles. The molecule has 4 nitrogen and oxygen atoms in total. The lowest BCUT2D eigenvalue weighted by Crippen LogP contribution is -2.41. The maximum absolute atomic E-state index is 11.1. The lowest BCUT2D eigenvalue weighted by Gasteiger charge is -2.40. The van der Waals surface area contributed by atoms with Gasteiger partial charge in [0.05, 0.1) is 13.2 Å². The molecule has 4 aliphatic rings. The lowest BCUT2D eigenvalue weighted by molar-refractivity contribution is -0.151. The van der Waals surface area contributed by atoms with Crippen LogP contribution in [0.1, 0.15) is 25.7 Å². The molecule has 4 rings (SSSR count). The molecule has 4 bridgehead atoms.